The van der Waals surface area contributed by atoms with Crippen LogP contribution in [0.15, 0.2) is 12.4 Å². The molecule has 13 heavy (non-hydrogen) atoms. The minimum atomic E-state index is -2.64. The molecular formula is C8H6BrF2NO. The monoisotopic (exact) mass is 249 g/mol. The molecule has 0 radical (unpaired) electrons. The number of alkyl halides is 3. The van der Waals surface area contributed by atoms with Crippen molar-refractivity contribution in [1.82, 2.24) is 4.98 Å². The second kappa shape index (κ2) is 4.41. The lowest BCUT2D eigenvalue weighted by atomic mass is 10.1. The topological polar surface area (TPSA) is 30.0 Å². The SMILES string of the molecule is O=Cc1cncc(CBr)c1C(F)F. The quantitative estimate of drug-likeness (QED) is 0.609. The molecule has 0 aliphatic carbocycles. The first-order chi connectivity index (χ1) is 6.20. The van der Waals surface area contributed by atoms with Gasteiger partial charge in [-0.15, -0.1) is 0 Å². The zero-order chi connectivity index (χ0) is 9.84. The summed E-state index contributed by atoms with van der Waals surface area (Å²) in [6.45, 7) is 0. The number of hydrogen-bond acceptors (Lipinski definition) is 2. The summed E-state index contributed by atoms with van der Waals surface area (Å²) in [6.07, 6.45) is 0.209. The Bertz CT molecular complexity index is 317. The molecule has 2 nitrogen and oxygen atoms in total. The number of carbonyl (C=O) groups is 1. The van der Waals surface area contributed by atoms with Crippen molar-refractivity contribution in [2.24, 2.45) is 0 Å². The number of carbonyl (C=O) groups excluding carboxylic acids is 1. The van der Waals surface area contributed by atoms with Crippen LogP contribution in [0.3, 0.4) is 0 Å². The largest absolute Gasteiger partial charge is 0.298 e. The lowest BCUT2D eigenvalue weighted by Crippen LogP contribution is -1.99. The number of aromatic nitrogens is 1. The smallest absolute Gasteiger partial charge is 0.264 e. The zero-order valence-corrected chi connectivity index (χ0v) is 8.09. The Kier molecular flexibility index (Phi) is 3.48. The molecule has 0 aromatic carbocycles. The fraction of sp³-hybridized carbons (Fsp3) is 0.250. The standard InChI is InChI=1S/C8H6BrF2NO/c9-1-5-2-12-3-6(4-13)7(5)8(10)11/h2-4,8H,1H2. The van der Waals surface area contributed by atoms with Gasteiger partial charge in [0, 0.05) is 28.9 Å². The normalized spacial score (nSPS) is 10.5. The van der Waals surface area contributed by atoms with Gasteiger partial charge >= 0.3 is 0 Å². The molecule has 5 heteroatoms. The summed E-state index contributed by atoms with van der Waals surface area (Å²) in [5.41, 5.74) is 0.0634. The second-order valence-corrected chi connectivity index (χ2v) is 2.91. The molecule has 0 atom stereocenters. The molecule has 1 aromatic heterocycles. The van der Waals surface area contributed by atoms with Gasteiger partial charge in [-0.25, -0.2) is 8.78 Å². The average molecular weight is 250 g/mol. The Hall–Kier alpha value is -0.840. The maximum absolute atomic E-state index is 12.5. The molecule has 0 spiro atoms. The van der Waals surface area contributed by atoms with Crippen LogP contribution in [-0.4, -0.2) is 11.3 Å². The zero-order valence-electron chi connectivity index (χ0n) is 6.51. The van der Waals surface area contributed by atoms with E-state index in [0.717, 1.165) is 6.20 Å². The molecule has 0 bridgehead atoms. The molecule has 1 heterocycles. The van der Waals surface area contributed by atoms with Crippen LogP contribution < -0.4 is 0 Å². The number of nitrogens with zero attached hydrogens (tertiary/aromatic N) is 1. The van der Waals surface area contributed by atoms with E-state index in [1.54, 1.807) is 0 Å². The van der Waals surface area contributed by atoms with Crippen molar-refractivity contribution >= 4 is 22.2 Å². The molecule has 0 N–H and O–H groups in total. The van der Waals surface area contributed by atoms with Gasteiger partial charge in [0.25, 0.3) is 6.43 Å². The van der Waals surface area contributed by atoms with E-state index in [1.807, 2.05) is 0 Å². The number of hydrogen-bond donors (Lipinski definition) is 0. The van der Waals surface area contributed by atoms with E-state index in [1.165, 1.54) is 6.20 Å². The van der Waals surface area contributed by atoms with Crippen LogP contribution in [0, 0.1) is 0 Å². The molecule has 0 aliphatic heterocycles. The van der Waals surface area contributed by atoms with Crippen LogP contribution in [0.5, 0.6) is 0 Å². The first-order valence-corrected chi connectivity index (χ1v) is 4.59. The van der Waals surface area contributed by atoms with Gasteiger partial charge in [0.2, 0.25) is 0 Å². The van der Waals surface area contributed by atoms with Gasteiger partial charge in [-0.3, -0.25) is 9.78 Å². The third kappa shape index (κ3) is 2.09. The third-order valence-electron chi connectivity index (χ3n) is 1.59. The molecule has 0 aliphatic rings. The third-order valence-corrected chi connectivity index (χ3v) is 2.19. The van der Waals surface area contributed by atoms with Gasteiger partial charge < -0.3 is 0 Å². The Labute approximate surface area is 82.1 Å². The average Bonchev–Trinajstić information content (AvgIpc) is 2.16. The van der Waals surface area contributed by atoms with Crippen molar-refractivity contribution < 1.29 is 13.6 Å². The maximum Gasteiger partial charge on any atom is 0.264 e. The molecule has 0 unspecified atom stereocenters. The minimum absolute atomic E-state index is 0.0491. The van der Waals surface area contributed by atoms with E-state index in [9.17, 15) is 13.6 Å². The number of pyridine rings is 1. The van der Waals surface area contributed by atoms with Crippen molar-refractivity contribution in [1.29, 1.82) is 0 Å². The van der Waals surface area contributed by atoms with Crippen LogP contribution in [0.2, 0.25) is 0 Å². The molecule has 70 valence electrons. The van der Waals surface area contributed by atoms with Gasteiger partial charge in [0.1, 0.15) is 0 Å². The van der Waals surface area contributed by atoms with Crippen molar-refractivity contribution in [3.8, 4) is 0 Å². The number of halogens is 3. The molecule has 1 rings (SSSR count). The summed E-state index contributed by atoms with van der Waals surface area (Å²) in [4.78, 5) is 14.1. The summed E-state index contributed by atoms with van der Waals surface area (Å²) in [5, 5.41) is 0.265. The molecular weight excluding hydrogens is 244 g/mol. The Balaban J connectivity index is 3.29. The van der Waals surface area contributed by atoms with E-state index in [-0.39, 0.29) is 16.5 Å². The van der Waals surface area contributed by atoms with Crippen LogP contribution >= 0.6 is 15.9 Å². The first-order valence-electron chi connectivity index (χ1n) is 3.46. The highest BCUT2D eigenvalue weighted by Crippen LogP contribution is 2.26. The highest BCUT2D eigenvalue weighted by molar-refractivity contribution is 9.08. The van der Waals surface area contributed by atoms with E-state index in [2.05, 4.69) is 20.9 Å². The summed E-state index contributed by atoms with van der Waals surface area (Å²) < 4.78 is 24.9. The van der Waals surface area contributed by atoms with Gasteiger partial charge in [0.05, 0.1) is 0 Å². The first kappa shape index (κ1) is 10.2. The van der Waals surface area contributed by atoms with E-state index in [4.69, 9.17) is 0 Å². The Morgan fingerprint density at radius 2 is 2.23 bits per heavy atom. The lowest BCUT2D eigenvalue weighted by Gasteiger charge is -2.07. The van der Waals surface area contributed by atoms with E-state index >= 15 is 0 Å². The molecule has 0 saturated heterocycles. The second-order valence-electron chi connectivity index (χ2n) is 2.35. The number of rotatable bonds is 3. The summed E-state index contributed by atoms with van der Waals surface area (Å²) in [7, 11) is 0. The predicted molar refractivity (Wildman–Crippen MR) is 47.2 cm³/mol. The van der Waals surface area contributed by atoms with Crippen molar-refractivity contribution in [2.75, 3.05) is 0 Å². The fourth-order valence-electron chi connectivity index (χ4n) is 0.999. The molecule has 0 fully saturated rings. The highest BCUT2D eigenvalue weighted by atomic mass is 79.9. The Morgan fingerprint density at radius 3 is 2.69 bits per heavy atom. The van der Waals surface area contributed by atoms with Crippen LogP contribution in [-0.2, 0) is 5.33 Å². The van der Waals surface area contributed by atoms with Crippen molar-refractivity contribution in [2.45, 2.75) is 11.8 Å². The van der Waals surface area contributed by atoms with Crippen molar-refractivity contribution in [3.05, 3.63) is 29.1 Å². The predicted octanol–water partition coefficient (Wildman–Crippen LogP) is 2.73. The summed E-state index contributed by atoms with van der Waals surface area (Å²) in [6, 6.07) is 0. The van der Waals surface area contributed by atoms with Crippen LogP contribution in [0.1, 0.15) is 27.9 Å². The Morgan fingerprint density at radius 1 is 1.54 bits per heavy atom. The van der Waals surface area contributed by atoms with Crippen LogP contribution in [0.4, 0.5) is 8.78 Å². The van der Waals surface area contributed by atoms with Gasteiger partial charge in [-0.05, 0) is 5.56 Å². The molecule has 0 saturated carbocycles. The lowest BCUT2D eigenvalue weighted by molar-refractivity contribution is 0.110. The molecule has 0 amide bonds. The summed E-state index contributed by atoms with van der Waals surface area (Å²) >= 11 is 3.05. The highest BCUT2D eigenvalue weighted by Gasteiger charge is 2.16. The summed E-state index contributed by atoms with van der Waals surface area (Å²) in [5.74, 6) is 0. The maximum atomic E-state index is 12.5. The molecule has 1 aromatic rings. The van der Waals surface area contributed by atoms with Gasteiger partial charge in [-0.1, -0.05) is 15.9 Å². The van der Waals surface area contributed by atoms with E-state index in [0.29, 0.717) is 11.8 Å². The van der Waals surface area contributed by atoms with E-state index < -0.39 is 6.43 Å². The van der Waals surface area contributed by atoms with Crippen molar-refractivity contribution in [3.63, 3.8) is 0 Å². The minimum Gasteiger partial charge on any atom is -0.298 e. The fourth-order valence-corrected chi connectivity index (χ4v) is 1.45. The van der Waals surface area contributed by atoms with Gasteiger partial charge in [0.15, 0.2) is 6.29 Å². The van der Waals surface area contributed by atoms with Gasteiger partial charge in [-0.2, -0.15) is 0 Å². The van der Waals surface area contributed by atoms with Crippen LogP contribution in [0.25, 0.3) is 0 Å². The number of aldehydes is 1.